The molecule has 3 aromatic heterocycles. The van der Waals surface area contributed by atoms with Crippen LogP contribution in [0.25, 0.3) is 17.3 Å². The van der Waals surface area contributed by atoms with Crippen LogP contribution in [0.4, 0.5) is 24.7 Å². The van der Waals surface area contributed by atoms with Gasteiger partial charge in [0.25, 0.3) is 0 Å². The highest BCUT2D eigenvalue weighted by Gasteiger charge is 2.31. The smallest absolute Gasteiger partial charge is 0.345 e. The molecule has 28 heavy (non-hydrogen) atoms. The summed E-state index contributed by atoms with van der Waals surface area (Å²) in [5.74, 6) is 0.620. The summed E-state index contributed by atoms with van der Waals surface area (Å²) in [6.45, 7) is -0.581. The van der Waals surface area contributed by atoms with Gasteiger partial charge in [-0.25, -0.2) is 9.97 Å². The molecule has 3 aromatic rings. The fraction of sp³-hybridized carbons (Fsp3) is 0.235. The van der Waals surface area contributed by atoms with Gasteiger partial charge in [-0.05, 0) is 12.1 Å². The summed E-state index contributed by atoms with van der Waals surface area (Å²) in [7, 11) is 0. The highest BCUT2D eigenvalue weighted by atomic mass is 19.4. The number of halogens is 3. The van der Waals surface area contributed by atoms with Crippen LogP contribution in [-0.4, -0.2) is 49.7 Å². The van der Waals surface area contributed by atoms with E-state index in [0.717, 1.165) is 5.56 Å². The Morgan fingerprint density at radius 1 is 1.14 bits per heavy atom. The third kappa shape index (κ3) is 3.63. The molecule has 8 nitrogen and oxygen atoms in total. The van der Waals surface area contributed by atoms with Crippen LogP contribution in [0, 0.1) is 0 Å². The van der Waals surface area contributed by atoms with Crippen molar-refractivity contribution in [1.29, 1.82) is 0 Å². The lowest BCUT2D eigenvalue weighted by atomic mass is 10.2. The molecule has 0 spiro atoms. The van der Waals surface area contributed by atoms with E-state index in [9.17, 15) is 18.0 Å². The molecule has 1 aliphatic heterocycles. The summed E-state index contributed by atoms with van der Waals surface area (Å²) in [6, 6.07) is 3.54. The average molecular weight is 389 g/mol. The van der Waals surface area contributed by atoms with Crippen LogP contribution in [0.2, 0.25) is 0 Å². The second-order valence-corrected chi connectivity index (χ2v) is 6.10. The Morgan fingerprint density at radius 2 is 1.93 bits per heavy atom. The van der Waals surface area contributed by atoms with Crippen LogP contribution in [0.1, 0.15) is 6.42 Å². The first-order valence-corrected chi connectivity index (χ1v) is 8.33. The lowest BCUT2D eigenvalue weighted by Crippen LogP contribution is -2.40. The summed E-state index contributed by atoms with van der Waals surface area (Å²) >= 11 is 0. The van der Waals surface area contributed by atoms with Crippen molar-refractivity contribution in [3.8, 4) is 17.3 Å². The maximum atomic E-state index is 12.6. The first kappa shape index (κ1) is 17.9. The number of nitrogens with zero attached hydrogens (tertiary/aromatic N) is 6. The summed E-state index contributed by atoms with van der Waals surface area (Å²) in [5, 5.41) is 2.59. The van der Waals surface area contributed by atoms with Crippen LogP contribution in [0.3, 0.4) is 0 Å². The monoisotopic (exact) mass is 389 g/mol. The molecule has 1 N–H and O–H groups in total. The maximum absolute atomic E-state index is 12.6. The molecule has 11 heteroatoms. The number of carbonyl (C=O) groups is 1. The molecule has 0 aliphatic carbocycles. The fourth-order valence-corrected chi connectivity index (χ4v) is 2.87. The number of fused-ring (bicyclic) bond motifs is 1. The van der Waals surface area contributed by atoms with Gasteiger partial charge in [-0.15, -0.1) is 0 Å². The number of aromatic nitrogens is 5. The minimum absolute atomic E-state index is 0.208. The molecule has 0 aromatic carbocycles. The van der Waals surface area contributed by atoms with Gasteiger partial charge in [0.05, 0.1) is 19.2 Å². The third-order valence-electron chi connectivity index (χ3n) is 4.12. The zero-order valence-corrected chi connectivity index (χ0v) is 14.4. The molecule has 144 valence electrons. The molecular formula is C17H14F3N7O. The Balaban J connectivity index is 1.71. The summed E-state index contributed by atoms with van der Waals surface area (Å²) in [6.07, 6.45) is 2.47. The molecule has 0 radical (unpaired) electrons. The van der Waals surface area contributed by atoms with E-state index in [-0.39, 0.29) is 30.5 Å². The second kappa shape index (κ2) is 6.91. The van der Waals surface area contributed by atoms with Crippen LogP contribution < -0.4 is 10.2 Å². The summed E-state index contributed by atoms with van der Waals surface area (Å²) in [5.41, 5.74) is 1.05. The number of carbonyl (C=O) groups excluding carboxylic acids is 1. The van der Waals surface area contributed by atoms with Gasteiger partial charge in [-0.2, -0.15) is 18.2 Å². The molecule has 0 unspecified atom stereocenters. The quantitative estimate of drug-likeness (QED) is 0.737. The molecule has 0 saturated carbocycles. The van der Waals surface area contributed by atoms with Crippen molar-refractivity contribution in [1.82, 2.24) is 24.5 Å². The first-order chi connectivity index (χ1) is 13.4. The van der Waals surface area contributed by atoms with Crippen molar-refractivity contribution in [2.75, 3.05) is 23.3 Å². The van der Waals surface area contributed by atoms with Crippen molar-refractivity contribution in [3.05, 3.63) is 43.1 Å². The van der Waals surface area contributed by atoms with Crippen LogP contribution in [-0.2, 0) is 4.79 Å². The molecule has 1 amide bonds. The van der Waals surface area contributed by atoms with E-state index in [4.69, 9.17) is 0 Å². The SMILES string of the molecule is O=C1CN(CCC(F)(F)F)c2nc(-n3ccnc3-c3ccncc3)ncc2N1. The van der Waals surface area contributed by atoms with Crippen molar-refractivity contribution in [2.24, 2.45) is 0 Å². The van der Waals surface area contributed by atoms with Crippen molar-refractivity contribution in [3.63, 3.8) is 0 Å². The Labute approximate surface area is 157 Å². The lowest BCUT2D eigenvalue weighted by Gasteiger charge is -2.30. The Hall–Kier alpha value is -3.50. The number of imidazole rings is 1. The Kier molecular flexibility index (Phi) is 4.41. The largest absolute Gasteiger partial charge is 0.390 e. The van der Waals surface area contributed by atoms with Gasteiger partial charge in [0, 0.05) is 36.9 Å². The molecular weight excluding hydrogens is 375 g/mol. The molecule has 0 saturated heterocycles. The fourth-order valence-electron chi connectivity index (χ4n) is 2.87. The topological polar surface area (TPSA) is 88.8 Å². The maximum Gasteiger partial charge on any atom is 0.390 e. The molecule has 1 aliphatic rings. The van der Waals surface area contributed by atoms with Crippen molar-refractivity contribution < 1.29 is 18.0 Å². The predicted octanol–water partition coefficient (Wildman–Crippen LogP) is 2.44. The molecule has 4 heterocycles. The van der Waals surface area contributed by atoms with Crippen LogP contribution in [0.5, 0.6) is 0 Å². The van der Waals surface area contributed by atoms with E-state index < -0.39 is 18.5 Å². The Bertz CT molecular complexity index is 1000. The average Bonchev–Trinajstić information content (AvgIpc) is 3.15. The van der Waals surface area contributed by atoms with E-state index in [2.05, 4.69) is 25.3 Å². The number of hydrogen-bond donors (Lipinski definition) is 1. The van der Waals surface area contributed by atoms with Gasteiger partial charge in [0.2, 0.25) is 11.9 Å². The molecule has 0 fully saturated rings. The zero-order valence-electron chi connectivity index (χ0n) is 14.4. The minimum atomic E-state index is -4.33. The van der Waals surface area contributed by atoms with Crippen LogP contribution in [0.15, 0.2) is 43.1 Å². The van der Waals surface area contributed by atoms with E-state index >= 15 is 0 Å². The number of alkyl halides is 3. The van der Waals surface area contributed by atoms with Gasteiger partial charge in [-0.1, -0.05) is 0 Å². The minimum Gasteiger partial charge on any atom is -0.345 e. The predicted molar refractivity (Wildman–Crippen MR) is 93.9 cm³/mol. The Morgan fingerprint density at radius 3 is 2.68 bits per heavy atom. The number of hydrogen-bond acceptors (Lipinski definition) is 6. The normalized spacial score (nSPS) is 14.0. The second-order valence-electron chi connectivity index (χ2n) is 6.10. The van der Waals surface area contributed by atoms with Crippen LogP contribution >= 0.6 is 0 Å². The van der Waals surface area contributed by atoms with Gasteiger partial charge in [0.15, 0.2) is 5.82 Å². The van der Waals surface area contributed by atoms with E-state index in [1.165, 1.54) is 11.1 Å². The number of rotatable bonds is 4. The van der Waals surface area contributed by atoms with Gasteiger partial charge < -0.3 is 10.2 Å². The highest BCUT2D eigenvalue weighted by Crippen LogP contribution is 2.30. The standard InChI is InChI=1S/C17H14F3N7O/c18-17(19,20)3-7-26-10-13(28)24-12-9-23-16(25-15(12)26)27-8-6-22-14(27)11-1-4-21-5-2-11/h1-2,4-6,8-9H,3,7,10H2,(H,24,28). The van der Waals surface area contributed by atoms with Gasteiger partial charge in [0.1, 0.15) is 11.5 Å². The summed E-state index contributed by atoms with van der Waals surface area (Å²) < 4.78 is 39.6. The van der Waals surface area contributed by atoms with Crippen molar-refractivity contribution in [2.45, 2.75) is 12.6 Å². The van der Waals surface area contributed by atoms with Gasteiger partial charge in [-0.3, -0.25) is 14.3 Å². The van der Waals surface area contributed by atoms with Crippen molar-refractivity contribution >= 4 is 17.4 Å². The molecule has 0 atom stereocenters. The number of amides is 1. The first-order valence-electron chi connectivity index (χ1n) is 8.33. The number of nitrogens with one attached hydrogen (secondary N) is 1. The third-order valence-corrected chi connectivity index (χ3v) is 4.12. The zero-order chi connectivity index (χ0) is 19.7. The van der Waals surface area contributed by atoms with E-state index in [0.29, 0.717) is 5.82 Å². The van der Waals surface area contributed by atoms with Gasteiger partial charge >= 0.3 is 6.18 Å². The lowest BCUT2D eigenvalue weighted by molar-refractivity contribution is -0.133. The molecule has 0 bridgehead atoms. The summed E-state index contributed by atoms with van der Waals surface area (Å²) in [4.78, 5) is 30.0. The number of anilines is 2. The molecule has 4 rings (SSSR count). The van der Waals surface area contributed by atoms with E-state index in [1.54, 1.807) is 41.5 Å². The highest BCUT2D eigenvalue weighted by molar-refractivity contribution is 6.00. The number of pyridine rings is 1. The van der Waals surface area contributed by atoms with E-state index in [1.807, 2.05) is 0 Å².